The number of carbonyl (C=O) groups excluding carboxylic acids is 3. The molecular weight excluding hydrogens is 392 g/mol. The van der Waals surface area contributed by atoms with Crippen LogP contribution in [0.25, 0.3) is 0 Å². The van der Waals surface area contributed by atoms with Gasteiger partial charge in [0.25, 0.3) is 0 Å². The zero-order valence-electron chi connectivity index (χ0n) is 17.4. The molecule has 0 aromatic carbocycles. The quantitative estimate of drug-likeness (QED) is 0.217. The average molecular weight is 427 g/mol. The third-order valence-corrected chi connectivity index (χ3v) is 6.54. The van der Waals surface area contributed by atoms with Gasteiger partial charge in [0.2, 0.25) is 5.91 Å². The Morgan fingerprint density at radius 1 is 1.31 bits per heavy atom. The van der Waals surface area contributed by atoms with Gasteiger partial charge in [-0.05, 0) is 32.9 Å². The van der Waals surface area contributed by atoms with Gasteiger partial charge in [0.1, 0.15) is 0 Å². The van der Waals surface area contributed by atoms with E-state index in [9.17, 15) is 14.4 Å². The SMILES string of the molecule is CC(=O)/C=C/CN(C)CCOCCNC(=O)CCCC[C@@H]1SC[C@@H]2NC(=O)N[C@@H]21. The van der Waals surface area contributed by atoms with Crippen LogP contribution in [0.2, 0.25) is 0 Å². The van der Waals surface area contributed by atoms with Gasteiger partial charge in [-0.25, -0.2) is 4.79 Å². The summed E-state index contributed by atoms with van der Waals surface area (Å²) >= 11 is 1.91. The predicted molar refractivity (Wildman–Crippen MR) is 115 cm³/mol. The van der Waals surface area contributed by atoms with Gasteiger partial charge in [-0.15, -0.1) is 0 Å². The number of hydrogen-bond acceptors (Lipinski definition) is 6. The molecular formula is C20H34N4O4S. The Hall–Kier alpha value is -1.58. The van der Waals surface area contributed by atoms with E-state index < -0.39 is 0 Å². The molecule has 0 radical (unpaired) electrons. The molecule has 2 rings (SSSR count). The van der Waals surface area contributed by atoms with E-state index in [1.165, 1.54) is 6.92 Å². The van der Waals surface area contributed by atoms with Crippen LogP contribution in [0, 0.1) is 0 Å². The second-order valence-corrected chi connectivity index (χ2v) is 8.88. The smallest absolute Gasteiger partial charge is 0.315 e. The summed E-state index contributed by atoms with van der Waals surface area (Å²) in [4.78, 5) is 36.2. The number of nitrogens with zero attached hydrogens (tertiary/aromatic N) is 1. The van der Waals surface area contributed by atoms with E-state index in [-0.39, 0.29) is 29.8 Å². The van der Waals surface area contributed by atoms with Gasteiger partial charge in [-0.1, -0.05) is 12.5 Å². The number of rotatable bonds is 14. The molecule has 2 aliphatic heterocycles. The van der Waals surface area contributed by atoms with Gasteiger partial charge < -0.3 is 25.6 Å². The first kappa shape index (κ1) is 23.7. The monoisotopic (exact) mass is 426 g/mol. The summed E-state index contributed by atoms with van der Waals surface area (Å²) < 4.78 is 5.53. The predicted octanol–water partition coefficient (Wildman–Crippen LogP) is 0.922. The van der Waals surface area contributed by atoms with E-state index >= 15 is 0 Å². The first-order chi connectivity index (χ1) is 14.0. The molecule has 0 aromatic rings. The minimum Gasteiger partial charge on any atom is -0.378 e. The second-order valence-electron chi connectivity index (χ2n) is 7.61. The molecule has 0 spiro atoms. The summed E-state index contributed by atoms with van der Waals surface area (Å²) in [6, 6.07) is 0.448. The van der Waals surface area contributed by atoms with E-state index in [4.69, 9.17) is 4.74 Å². The molecule has 2 aliphatic rings. The lowest BCUT2D eigenvalue weighted by molar-refractivity contribution is -0.121. The molecule has 9 heteroatoms. The highest BCUT2D eigenvalue weighted by Crippen LogP contribution is 2.33. The Bertz CT molecular complexity index is 587. The summed E-state index contributed by atoms with van der Waals surface area (Å²) in [7, 11) is 1.97. The molecule has 29 heavy (non-hydrogen) atoms. The van der Waals surface area contributed by atoms with Crippen LogP contribution < -0.4 is 16.0 Å². The molecule has 164 valence electrons. The van der Waals surface area contributed by atoms with Crippen molar-refractivity contribution < 1.29 is 19.1 Å². The zero-order chi connectivity index (χ0) is 21.1. The number of amides is 3. The van der Waals surface area contributed by atoms with Crippen molar-refractivity contribution in [3.8, 4) is 0 Å². The highest BCUT2D eigenvalue weighted by Gasteiger charge is 2.42. The van der Waals surface area contributed by atoms with E-state index in [1.807, 2.05) is 24.9 Å². The minimum atomic E-state index is -0.0524. The summed E-state index contributed by atoms with van der Waals surface area (Å²) in [6.45, 7) is 4.62. The van der Waals surface area contributed by atoms with Crippen molar-refractivity contribution in [2.75, 3.05) is 45.6 Å². The number of ketones is 1. The van der Waals surface area contributed by atoms with Gasteiger partial charge in [0.15, 0.2) is 5.78 Å². The normalized spacial score (nSPS) is 23.3. The fraction of sp³-hybridized carbons (Fsp3) is 0.750. The van der Waals surface area contributed by atoms with Crippen molar-refractivity contribution in [1.82, 2.24) is 20.9 Å². The Balaban J connectivity index is 1.40. The van der Waals surface area contributed by atoms with Crippen LogP contribution in [-0.4, -0.2) is 85.6 Å². The van der Waals surface area contributed by atoms with Crippen LogP contribution in [0.1, 0.15) is 32.6 Å². The first-order valence-corrected chi connectivity index (χ1v) is 11.4. The maximum absolute atomic E-state index is 11.9. The van der Waals surface area contributed by atoms with E-state index in [1.54, 1.807) is 6.08 Å². The zero-order valence-corrected chi connectivity index (χ0v) is 18.3. The number of ether oxygens (including phenoxy) is 1. The average Bonchev–Trinajstić information content (AvgIpc) is 3.20. The lowest BCUT2D eigenvalue weighted by atomic mass is 10.0. The summed E-state index contributed by atoms with van der Waals surface area (Å²) in [6.07, 6.45) is 6.82. The maximum atomic E-state index is 11.9. The van der Waals surface area contributed by atoms with Crippen LogP contribution in [0.4, 0.5) is 4.79 Å². The number of unbranched alkanes of at least 4 members (excludes halogenated alkanes) is 1. The molecule has 8 nitrogen and oxygen atoms in total. The van der Waals surface area contributed by atoms with Crippen molar-refractivity contribution in [2.24, 2.45) is 0 Å². The van der Waals surface area contributed by atoms with E-state index in [0.29, 0.717) is 38.0 Å². The highest BCUT2D eigenvalue weighted by molar-refractivity contribution is 8.00. The molecule has 0 aromatic heterocycles. The number of hydrogen-bond donors (Lipinski definition) is 3. The highest BCUT2D eigenvalue weighted by atomic mass is 32.2. The fourth-order valence-electron chi connectivity index (χ4n) is 3.44. The van der Waals surface area contributed by atoms with Gasteiger partial charge in [0, 0.05) is 37.1 Å². The van der Waals surface area contributed by atoms with Crippen LogP contribution in [0.5, 0.6) is 0 Å². The Morgan fingerprint density at radius 2 is 2.14 bits per heavy atom. The number of likely N-dealkylation sites (N-methyl/N-ethyl adjacent to an activating group) is 1. The molecule has 3 N–H and O–H groups in total. The summed E-state index contributed by atoms with van der Waals surface area (Å²) in [5.74, 6) is 1.09. The largest absolute Gasteiger partial charge is 0.378 e. The lowest BCUT2D eigenvalue weighted by Gasteiger charge is -2.16. The molecule has 2 heterocycles. The molecule has 3 amide bonds. The fourth-order valence-corrected chi connectivity index (χ4v) is 4.98. The number of urea groups is 1. The third kappa shape index (κ3) is 9.18. The minimum absolute atomic E-state index is 0.0519. The number of allylic oxidation sites excluding steroid dienone is 1. The van der Waals surface area contributed by atoms with Crippen LogP contribution in [-0.2, 0) is 14.3 Å². The first-order valence-electron chi connectivity index (χ1n) is 10.3. The maximum Gasteiger partial charge on any atom is 0.315 e. The number of fused-ring (bicyclic) bond motifs is 1. The van der Waals surface area contributed by atoms with Gasteiger partial charge >= 0.3 is 6.03 Å². The van der Waals surface area contributed by atoms with Crippen molar-refractivity contribution in [3.63, 3.8) is 0 Å². The molecule has 3 atom stereocenters. The van der Waals surface area contributed by atoms with Crippen molar-refractivity contribution >= 4 is 29.5 Å². The molecule has 0 aliphatic carbocycles. The molecule has 0 saturated carbocycles. The van der Waals surface area contributed by atoms with Gasteiger partial charge in [-0.3, -0.25) is 9.59 Å². The van der Waals surface area contributed by atoms with Crippen LogP contribution in [0.3, 0.4) is 0 Å². The van der Waals surface area contributed by atoms with Gasteiger partial charge in [0.05, 0.1) is 25.3 Å². The summed E-state index contributed by atoms with van der Waals surface area (Å²) in [5.41, 5.74) is 0. The van der Waals surface area contributed by atoms with E-state index in [2.05, 4.69) is 20.9 Å². The van der Waals surface area contributed by atoms with Crippen molar-refractivity contribution in [3.05, 3.63) is 12.2 Å². The molecule has 2 fully saturated rings. The number of thioether (sulfide) groups is 1. The van der Waals surface area contributed by atoms with Crippen molar-refractivity contribution in [1.29, 1.82) is 0 Å². The number of carbonyl (C=O) groups is 3. The van der Waals surface area contributed by atoms with Crippen molar-refractivity contribution in [2.45, 2.75) is 49.9 Å². The van der Waals surface area contributed by atoms with Gasteiger partial charge in [-0.2, -0.15) is 11.8 Å². The second kappa shape index (κ2) is 12.9. The molecule has 2 saturated heterocycles. The third-order valence-electron chi connectivity index (χ3n) is 5.04. The summed E-state index contributed by atoms with van der Waals surface area (Å²) in [5, 5.41) is 9.28. The topological polar surface area (TPSA) is 99.8 Å². The van der Waals surface area contributed by atoms with Crippen LogP contribution >= 0.6 is 11.8 Å². The Kier molecular flexibility index (Phi) is 10.5. The number of nitrogens with one attached hydrogen (secondary N) is 3. The standard InChI is InChI=1S/C20H34N4O4S/c1-15(25)6-5-10-24(2)11-13-28-12-9-21-18(26)8-4-3-7-17-19-16(14-29-17)22-20(27)23-19/h5-6,16-17,19H,3-4,7-14H2,1-2H3,(H,21,26)(H2,22,23,27)/b6-5+/t16-,17-,19-/m0/s1. The lowest BCUT2D eigenvalue weighted by Crippen LogP contribution is -2.36. The molecule has 0 bridgehead atoms. The van der Waals surface area contributed by atoms with E-state index in [0.717, 1.165) is 31.6 Å². The molecule has 0 unspecified atom stereocenters. The Morgan fingerprint density at radius 3 is 2.93 bits per heavy atom. The van der Waals surface area contributed by atoms with Crippen LogP contribution in [0.15, 0.2) is 12.2 Å². The Labute approximate surface area is 177 Å².